The van der Waals surface area contributed by atoms with Gasteiger partial charge in [-0.2, -0.15) is 5.26 Å². The predicted molar refractivity (Wildman–Crippen MR) is 89.7 cm³/mol. The van der Waals surface area contributed by atoms with Gasteiger partial charge in [-0.25, -0.2) is 0 Å². The van der Waals surface area contributed by atoms with Crippen molar-refractivity contribution in [1.29, 1.82) is 5.26 Å². The number of amides is 1. The number of nitrogens with one attached hydrogen (secondary N) is 1. The molecule has 0 spiro atoms. The second kappa shape index (κ2) is 8.32. The lowest BCUT2D eigenvalue weighted by Crippen LogP contribution is -2.32. The number of carbonyl (C=O) groups excluding carboxylic acids is 1. The number of nitriles is 1. The lowest BCUT2D eigenvalue weighted by molar-refractivity contribution is -0.117. The lowest BCUT2D eigenvalue weighted by Gasteiger charge is -2.19. The quantitative estimate of drug-likeness (QED) is 0.853. The van der Waals surface area contributed by atoms with Crippen LogP contribution in [0.1, 0.15) is 17.4 Å². The van der Waals surface area contributed by atoms with Gasteiger partial charge in [0.05, 0.1) is 19.0 Å². The molecule has 4 nitrogen and oxygen atoms in total. The van der Waals surface area contributed by atoms with E-state index in [0.717, 1.165) is 24.3 Å². The smallest absolute Gasteiger partial charge is 0.238 e. The second-order valence-corrected chi connectivity index (χ2v) is 5.99. The van der Waals surface area contributed by atoms with E-state index in [0.29, 0.717) is 13.0 Å². The molecule has 5 heteroatoms. The Morgan fingerprint density at radius 1 is 1.32 bits per heavy atom. The maximum atomic E-state index is 12.1. The summed E-state index contributed by atoms with van der Waals surface area (Å²) in [5.74, 6) is -0.0218. The molecule has 0 saturated heterocycles. The number of hydrogen-bond donors (Lipinski definition) is 1. The Labute approximate surface area is 135 Å². The molecule has 0 radical (unpaired) electrons. The maximum absolute atomic E-state index is 12.1. The van der Waals surface area contributed by atoms with Crippen molar-refractivity contribution in [3.63, 3.8) is 0 Å². The molecule has 1 heterocycles. The third-order valence-corrected chi connectivity index (χ3v) is 4.16. The molecule has 0 fully saturated rings. The minimum atomic E-state index is -0.0218. The summed E-state index contributed by atoms with van der Waals surface area (Å²) in [6.45, 7) is 4.04. The molecule has 22 heavy (non-hydrogen) atoms. The summed E-state index contributed by atoms with van der Waals surface area (Å²) in [5, 5.41) is 13.6. The lowest BCUT2D eigenvalue weighted by atomic mass is 10.1. The van der Waals surface area contributed by atoms with Gasteiger partial charge in [0.25, 0.3) is 0 Å². The molecule has 2 aromatic rings. The number of nitrogens with zero attached hydrogens (tertiary/aromatic N) is 2. The van der Waals surface area contributed by atoms with E-state index in [1.165, 1.54) is 4.88 Å². The summed E-state index contributed by atoms with van der Waals surface area (Å²) in [5.41, 5.74) is 1.72. The normalized spacial score (nSPS) is 10.4. The zero-order valence-electron chi connectivity index (χ0n) is 12.6. The van der Waals surface area contributed by atoms with Crippen molar-refractivity contribution in [3.05, 3.63) is 52.2 Å². The Balaban J connectivity index is 1.86. The van der Waals surface area contributed by atoms with Gasteiger partial charge in [0.15, 0.2) is 0 Å². The first-order valence-corrected chi connectivity index (χ1v) is 8.09. The summed E-state index contributed by atoms with van der Waals surface area (Å²) in [6.07, 6.45) is 0.388. The van der Waals surface area contributed by atoms with Crippen LogP contribution in [0.15, 0.2) is 41.8 Å². The van der Waals surface area contributed by atoms with Crippen molar-refractivity contribution in [1.82, 2.24) is 4.90 Å². The molecule has 2 rings (SSSR count). The van der Waals surface area contributed by atoms with E-state index in [1.54, 1.807) is 11.3 Å². The number of anilines is 1. The third-order valence-electron chi connectivity index (χ3n) is 3.29. The van der Waals surface area contributed by atoms with E-state index in [9.17, 15) is 4.79 Å². The SMILES string of the molecule is CCN(CC(=O)Nc1ccc(CC#N)cc1)Cc1cccs1. The molecule has 1 aromatic carbocycles. The van der Waals surface area contributed by atoms with Gasteiger partial charge in [-0.05, 0) is 35.7 Å². The molecular formula is C17H19N3OS. The molecule has 0 atom stereocenters. The number of benzene rings is 1. The van der Waals surface area contributed by atoms with E-state index in [4.69, 9.17) is 5.26 Å². The second-order valence-electron chi connectivity index (χ2n) is 4.96. The first kappa shape index (κ1) is 16.2. The van der Waals surface area contributed by atoms with Gasteiger partial charge < -0.3 is 5.32 Å². The van der Waals surface area contributed by atoms with Crippen LogP contribution in [0.3, 0.4) is 0 Å². The van der Waals surface area contributed by atoms with Gasteiger partial charge in [-0.1, -0.05) is 25.1 Å². The third kappa shape index (κ3) is 4.99. The topological polar surface area (TPSA) is 56.1 Å². The monoisotopic (exact) mass is 313 g/mol. The summed E-state index contributed by atoms with van der Waals surface area (Å²) in [4.78, 5) is 15.5. The molecule has 0 unspecified atom stereocenters. The largest absolute Gasteiger partial charge is 0.325 e. The number of thiophene rings is 1. The molecular weight excluding hydrogens is 294 g/mol. The minimum absolute atomic E-state index is 0.0218. The Hall–Kier alpha value is -2.16. The van der Waals surface area contributed by atoms with Crippen LogP contribution in [0.2, 0.25) is 0 Å². The Morgan fingerprint density at radius 3 is 2.68 bits per heavy atom. The van der Waals surface area contributed by atoms with E-state index in [2.05, 4.69) is 29.3 Å². The average molecular weight is 313 g/mol. The van der Waals surface area contributed by atoms with Crippen LogP contribution in [-0.2, 0) is 17.8 Å². The Kier molecular flexibility index (Phi) is 6.13. The minimum Gasteiger partial charge on any atom is -0.325 e. The predicted octanol–water partition coefficient (Wildman–Crippen LogP) is 3.27. The van der Waals surface area contributed by atoms with Crippen LogP contribution < -0.4 is 5.32 Å². The zero-order chi connectivity index (χ0) is 15.8. The number of likely N-dealkylation sites (N-methyl/N-ethyl adjacent to an activating group) is 1. The average Bonchev–Trinajstić information content (AvgIpc) is 3.02. The standard InChI is InChI=1S/C17H19N3OS/c1-2-20(12-16-4-3-11-22-16)13-17(21)19-15-7-5-14(6-8-15)9-10-18/h3-8,11H,2,9,12-13H2,1H3,(H,19,21). The van der Waals surface area contributed by atoms with Crippen molar-refractivity contribution in [2.24, 2.45) is 0 Å². The van der Waals surface area contributed by atoms with Gasteiger partial charge in [0.1, 0.15) is 0 Å². The fraction of sp³-hybridized carbons (Fsp3) is 0.294. The van der Waals surface area contributed by atoms with Gasteiger partial charge >= 0.3 is 0 Å². The van der Waals surface area contributed by atoms with Crippen LogP contribution in [0.25, 0.3) is 0 Å². The zero-order valence-corrected chi connectivity index (χ0v) is 13.4. The number of hydrogen-bond acceptors (Lipinski definition) is 4. The summed E-state index contributed by atoms with van der Waals surface area (Å²) in [7, 11) is 0. The van der Waals surface area contributed by atoms with Crippen LogP contribution in [0.5, 0.6) is 0 Å². The highest BCUT2D eigenvalue weighted by atomic mass is 32.1. The van der Waals surface area contributed by atoms with Crippen molar-refractivity contribution in [2.45, 2.75) is 19.9 Å². The highest BCUT2D eigenvalue weighted by molar-refractivity contribution is 7.09. The maximum Gasteiger partial charge on any atom is 0.238 e. The molecule has 1 aromatic heterocycles. The van der Waals surface area contributed by atoms with E-state index >= 15 is 0 Å². The van der Waals surface area contributed by atoms with Gasteiger partial charge in [0.2, 0.25) is 5.91 Å². The molecule has 0 aliphatic heterocycles. The first-order chi connectivity index (χ1) is 10.7. The van der Waals surface area contributed by atoms with E-state index < -0.39 is 0 Å². The van der Waals surface area contributed by atoms with Gasteiger partial charge in [0, 0.05) is 17.1 Å². The van der Waals surface area contributed by atoms with Gasteiger partial charge in [-0.3, -0.25) is 9.69 Å². The van der Waals surface area contributed by atoms with Crippen LogP contribution in [0.4, 0.5) is 5.69 Å². The molecule has 1 N–H and O–H groups in total. The first-order valence-electron chi connectivity index (χ1n) is 7.21. The number of carbonyl (C=O) groups is 1. The van der Waals surface area contributed by atoms with Crippen molar-refractivity contribution < 1.29 is 4.79 Å². The Bertz CT molecular complexity index is 629. The van der Waals surface area contributed by atoms with Crippen LogP contribution >= 0.6 is 11.3 Å². The highest BCUT2D eigenvalue weighted by Crippen LogP contribution is 2.13. The van der Waals surface area contributed by atoms with Crippen LogP contribution in [0, 0.1) is 11.3 Å². The molecule has 0 saturated carbocycles. The highest BCUT2D eigenvalue weighted by Gasteiger charge is 2.10. The fourth-order valence-electron chi connectivity index (χ4n) is 2.10. The van der Waals surface area contributed by atoms with E-state index in [1.807, 2.05) is 35.7 Å². The molecule has 0 aliphatic rings. The molecule has 1 amide bonds. The van der Waals surface area contributed by atoms with Crippen molar-refractivity contribution in [3.8, 4) is 6.07 Å². The fourth-order valence-corrected chi connectivity index (χ4v) is 2.85. The van der Waals surface area contributed by atoms with Crippen molar-refractivity contribution >= 4 is 22.9 Å². The summed E-state index contributed by atoms with van der Waals surface area (Å²) < 4.78 is 0. The van der Waals surface area contributed by atoms with Crippen LogP contribution in [-0.4, -0.2) is 23.9 Å². The van der Waals surface area contributed by atoms with E-state index in [-0.39, 0.29) is 5.91 Å². The molecule has 0 bridgehead atoms. The Morgan fingerprint density at radius 2 is 2.09 bits per heavy atom. The summed E-state index contributed by atoms with van der Waals surface area (Å²) >= 11 is 1.70. The van der Waals surface area contributed by atoms with Crippen molar-refractivity contribution in [2.75, 3.05) is 18.4 Å². The molecule has 0 aliphatic carbocycles. The van der Waals surface area contributed by atoms with Gasteiger partial charge in [-0.15, -0.1) is 11.3 Å². The summed E-state index contributed by atoms with van der Waals surface area (Å²) in [6, 6.07) is 13.6. The number of rotatable bonds is 7. The molecule has 114 valence electrons.